The first kappa shape index (κ1) is 29.4. The Morgan fingerprint density at radius 3 is 2.58 bits per heavy atom. The van der Waals surface area contributed by atoms with Crippen molar-refractivity contribution in [3.8, 4) is 10.8 Å². The van der Waals surface area contributed by atoms with Crippen LogP contribution in [0.1, 0.15) is 43.6 Å². The van der Waals surface area contributed by atoms with Crippen molar-refractivity contribution in [2.24, 2.45) is 0 Å². The maximum Gasteiger partial charge on any atom is 0.333 e. The second kappa shape index (κ2) is 11.7. The fourth-order valence-corrected chi connectivity index (χ4v) is 5.65. The molecule has 0 bridgehead atoms. The Morgan fingerprint density at radius 2 is 1.97 bits per heavy atom. The van der Waals surface area contributed by atoms with Gasteiger partial charge in [-0.15, -0.1) is 11.3 Å². The van der Waals surface area contributed by atoms with Crippen LogP contribution in [0.5, 0.6) is 0 Å². The molecule has 0 amide bonds. The Labute approximate surface area is 229 Å². The van der Waals surface area contributed by atoms with Crippen molar-refractivity contribution in [2.45, 2.75) is 52.3 Å². The van der Waals surface area contributed by atoms with E-state index in [1.807, 2.05) is 31.2 Å². The van der Waals surface area contributed by atoms with Crippen molar-refractivity contribution in [2.75, 3.05) is 13.2 Å². The third-order valence-corrected chi connectivity index (χ3v) is 7.77. The van der Waals surface area contributed by atoms with Crippen LogP contribution in [0, 0.1) is 6.92 Å². The number of benzene rings is 1. The van der Waals surface area contributed by atoms with Crippen LogP contribution in [0.25, 0.3) is 21.0 Å². The van der Waals surface area contributed by atoms with Crippen molar-refractivity contribution >= 4 is 41.0 Å². The van der Waals surface area contributed by atoms with Gasteiger partial charge in [0.25, 0.3) is 5.56 Å². The normalized spacial score (nSPS) is 12.4. The van der Waals surface area contributed by atoms with Crippen LogP contribution in [0.2, 0.25) is 0 Å². The van der Waals surface area contributed by atoms with Crippen molar-refractivity contribution in [1.29, 1.82) is 0 Å². The van der Waals surface area contributed by atoms with Gasteiger partial charge in [0, 0.05) is 0 Å². The summed E-state index contributed by atoms with van der Waals surface area (Å²) < 4.78 is 13.6. The lowest BCUT2D eigenvalue weighted by atomic mass is 10.00. The molecule has 3 aromatic heterocycles. The first-order valence-electron chi connectivity index (χ1n) is 11.9. The summed E-state index contributed by atoms with van der Waals surface area (Å²) in [5.41, 5.74) is -0.886. The maximum absolute atomic E-state index is 13.9. The molecule has 0 spiro atoms. The molecule has 38 heavy (non-hydrogen) atoms. The molecule has 3 heterocycles. The zero-order chi connectivity index (χ0) is 26.9. The van der Waals surface area contributed by atoms with Gasteiger partial charge in [0.15, 0.2) is 0 Å². The minimum absolute atomic E-state index is 0. The highest BCUT2D eigenvalue weighted by Crippen LogP contribution is 2.36. The predicted molar refractivity (Wildman–Crippen MR) is 150 cm³/mol. The SMILES string of the molecule is CCc1ccccc1[C@@H](Cn1c(=O)n(C(C)(C)C(=O)O)c(=O)c2c(C)c(-c3ncco3)sc21)OCCO.S. The second-order valence-electron chi connectivity index (χ2n) is 9.11. The predicted octanol–water partition coefficient (Wildman–Crippen LogP) is 3.43. The highest BCUT2D eigenvalue weighted by atomic mass is 32.1. The van der Waals surface area contributed by atoms with Gasteiger partial charge in [-0.25, -0.2) is 19.1 Å². The van der Waals surface area contributed by atoms with Crippen LogP contribution in [0.4, 0.5) is 0 Å². The molecular formula is C26H31N3O7S2. The molecule has 0 saturated carbocycles. The summed E-state index contributed by atoms with van der Waals surface area (Å²) in [6, 6.07) is 7.65. The van der Waals surface area contributed by atoms with Gasteiger partial charge in [0.1, 0.15) is 22.7 Å². The number of rotatable bonds is 10. The average molecular weight is 562 g/mol. The van der Waals surface area contributed by atoms with Gasteiger partial charge in [0.2, 0.25) is 5.89 Å². The van der Waals surface area contributed by atoms with Gasteiger partial charge in [-0.1, -0.05) is 31.2 Å². The summed E-state index contributed by atoms with van der Waals surface area (Å²) in [5, 5.41) is 19.6. The molecule has 0 aliphatic rings. The summed E-state index contributed by atoms with van der Waals surface area (Å²) in [5.74, 6) is -1.02. The molecule has 204 valence electrons. The Kier molecular flexibility index (Phi) is 9.03. The first-order chi connectivity index (χ1) is 17.6. The van der Waals surface area contributed by atoms with E-state index >= 15 is 0 Å². The van der Waals surface area contributed by atoms with E-state index in [-0.39, 0.29) is 38.6 Å². The fraction of sp³-hybridized carbons (Fsp3) is 0.385. The molecule has 10 nitrogen and oxygen atoms in total. The number of fused-ring (bicyclic) bond motifs is 1. The molecule has 0 saturated heterocycles. The van der Waals surface area contributed by atoms with Crippen molar-refractivity contribution in [3.05, 3.63) is 74.3 Å². The monoisotopic (exact) mass is 561 g/mol. The lowest BCUT2D eigenvalue weighted by molar-refractivity contribution is -0.146. The van der Waals surface area contributed by atoms with E-state index in [0.717, 1.165) is 22.1 Å². The number of hydrogen-bond donors (Lipinski definition) is 2. The van der Waals surface area contributed by atoms with Crippen LogP contribution in [0.3, 0.4) is 0 Å². The molecule has 0 aliphatic heterocycles. The molecule has 0 radical (unpaired) electrons. The lowest BCUT2D eigenvalue weighted by Gasteiger charge is -2.26. The molecule has 1 atom stereocenters. The van der Waals surface area contributed by atoms with Crippen molar-refractivity contribution in [3.63, 3.8) is 0 Å². The summed E-state index contributed by atoms with van der Waals surface area (Å²) >= 11 is 1.18. The number of carboxylic acids is 1. The van der Waals surface area contributed by atoms with E-state index in [9.17, 15) is 24.6 Å². The number of aliphatic carboxylic acids is 1. The first-order valence-corrected chi connectivity index (χ1v) is 12.7. The highest BCUT2D eigenvalue weighted by molar-refractivity contribution is 7.59. The smallest absolute Gasteiger partial charge is 0.333 e. The number of hydrogen-bond acceptors (Lipinski definition) is 8. The number of carbonyl (C=O) groups is 1. The molecule has 1 aromatic carbocycles. The zero-order valence-corrected chi connectivity index (χ0v) is 23.4. The van der Waals surface area contributed by atoms with Crippen LogP contribution in [-0.2, 0) is 28.0 Å². The average Bonchev–Trinajstić information content (AvgIpc) is 3.51. The van der Waals surface area contributed by atoms with E-state index in [2.05, 4.69) is 4.98 Å². The Bertz CT molecular complexity index is 1550. The van der Waals surface area contributed by atoms with Crippen LogP contribution < -0.4 is 11.2 Å². The van der Waals surface area contributed by atoms with Crippen LogP contribution in [-0.4, -0.2) is 43.5 Å². The summed E-state index contributed by atoms with van der Waals surface area (Å²) in [6.45, 7) is 6.17. The number of aliphatic hydroxyl groups excluding tert-OH is 1. The van der Waals surface area contributed by atoms with Gasteiger partial charge < -0.3 is 19.4 Å². The molecule has 4 rings (SSSR count). The van der Waals surface area contributed by atoms with Crippen LogP contribution in [0.15, 0.2) is 50.7 Å². The third kappa shape index (κ3) is 5.08. The minimum Gasteiger partial charge on any atom is -0.480 e. The third-order valence-electron chi connectivity index (χ3n) is 6.46. The van der Waals surface area contributed by atoms with E-state index in [1.54, 1.807) is 6.92 Å². The second-order valence-corrected chi connectivity index (χ2v) is 10.1. The zero-order valence-electron chi connectivity index (χ0n) is 21.6. The number of aryl methyl sites for hydroxylation is 2. The van der Waals surface area contributed by atoms with E-state index in [4.69, 9.17) is 9.15 Å². The van der Waals surface area contributed by atoms with E-state index in [1.165, 1.54) is 42.2 Å². The standard InChI is InChI=1S/C26H29N3O7S.H2S/c1-5-16-8-6-7-9-17(16)18(35-13-11-30)14-28-23-19(15(2)20(37-23)21-27-10-12-36-21)22(31)29(25(28)34)26(3,4)24(32)33;/h6-10,12,18,30H,5,11,13-14H2,1-4H3,(H,32,33);1H2/t18-;/m1./s1. The van der Waals surface area contributed by atoms with Gasteiger partial charge in [-0.2, -0.15) is 13.5 Å². The molecule has 2 N–H and O–H groups in total. The van der Waals surface area contributed by atoms with Gasteiger partial charge in [-0.3, -0.25) is 9.36 Å². The molecule has 0 unspecified atom stereocenters. The topological polar surface area (TPSA) is 137 Å². The number of aliphatic hydroxyl groups is 1. The number of carboxylic acid groups (broad SMARTS) is 1. The number of thiophene rings is 1. The quantitative estimate of drug-likeness (QED) is 0.301. The Hall–Kier alpha value is -3.19. The van der Waals surface area contributed by atoms with Gasteiger partial charge >= 0.3 is 11.7 Å². The maximum atomic E-state index is 13.9. The lowest BCUT2D eigenvalue weighted by Crippen LogP contribution is -2.52. The largest absolute Gasteiger partial charge is 0.480 e. The molecule has 4 aromatic rings. The van der Waals surface area contributed by atoms with Gasteiger partial charge in [-0.05, 0) is 43.9 Å². The van der Waals surface area contributed by atoms with E-state index < -0.39 is 28.9 Å². The Balaban J connectivity index is 0.00000400. The van der Waals surface area contributed by atoms with Crippen molar-refractivity contribution in [1.82, 2.24) is 14.1 Å². The number of nitrogens with zero attached hydrogens (tertiary/aromatic N) is 3. The minimum atomic E-state index is -1.82. The number of ether oxygens (including phenoxy) is 1. The van der Waals surface area contributed by atoms with E-state index in [0.29, 0.717) is 21.2 Å². The molecule has 0 aliphatic carbocycles. The van der Waals surface area contributed by atoms with Crippen LogP contribution >= 0.6 is 24.8 Å². The van der Waals surface area contributed by atoms with Crippen molar-refractivity contribution < 1.29 is 24.2 Å². The molecular weight excluding hydrogens is 530 g/mol. The number of oxazole rings is 1. The fourth-order valence-electron chi connectivity index (χ4n) is 4.41. The van der Waals surface area contributed by atoms with Gasteiger partial charge in [0.05, 0.1) is 36.2 Å². The highest BCUT2D eigenvalue weighted by Gasteiger charge is 2.36. The molecule has 12 heteroatoms. The summed E-state index contributed by atoms with van der Waals surface area (Å²) in [4.78, 5) is 44.8. The summed E-state index contributed by atoms with van der Waals surface area (Å²) in [6.07, 6.45) is 2.98. The summed E-state index contributed by atoms with van der Waals surface area (Å²) in [7, 11) is 0. The molecule has 0 fully saturated rings. The number of aromatic nitrogens is 3. The Morgan fingerprint density at radius 1 is 1.26 bits per heavy atom.